The predicted molar refractivity (Wildman–Crippen MR) is 83.2 cm³/mol. The average Bonchev–Trinajstić information content (AvgIpc) is 2.45. The highest BCUT2D eigenvalue weighted by molar-refractivity contribution is 6.30. The molecule has 1 aromatic carbocycles. The van der Waals surface area contributed by atoms with E-state index in [-0.39, 0.29) is 5.91 Å². The van der Waals surface area contributed by atoms with Gasteiger partial charge < -0.3 is 10.6 Å². The molecule has 0 spiro atoms. The first-order chi connectivity index (χ1) is 9.69. The fourth-order valence-corrected chi connectivity index (χ4v) is 2.79. The maximum absolute atomic E-state index is 12.1. The van der Waals surface area contributed by atoms with Crippen LogP contribution >= 0.6 is 11.6 Å². The van der Waals surface area contributed by atoms with E-state index in [0.717, 1.165) is 31.7 Å². The number of hydrogen-bond donors (Lipinski definition) is 2. The van der Waals surface area contributed by atoms with E-state index < -0.39 is 0 Å². The lowest BCUT2D eigenvalue weighted by Gasteiger charge is -2.33. The molecule has 20 heavy (non-hydrogen) atoms. The van der Waals surface area contributed by atoms with Crippen molar-refractivity contribution in [3.05, 3.63) is 29.3 Å². The number of anilines is 1. The van der Waals surface area contributed by atoms with Crippen LogP contribution < -0.4 is 10.6 Å². The normalized spacial score (nSPS) is 19.1. The van der Waals surface area contributed by atoms with Crippen molar-refractivity contribution in [3.63, 3.8) is 0 Å². The van der Waals surface area contributed by atoms with Gasteiger partial charge in [-0.2, -0.15) is 0 Å². The van der Waals surface area contributed by atoms with Gasteiger partial charge in [-0.05, 0) is 44.1 Å². The number of carbonyl (C=O) groups is 1. The summed E-state index contributed by atoms with van der Waals surface area (Å²) in [5.74, 6) is 0.0136. The second-order valence-electron chi connectivity index (χ2n) is 5.12. The van der Waals surface area contributed by atoms with Gasteiger partial charge >= 0.3 is 0 Å². The number of nitrogens with one attached hydrogen (secondary N) is 2. The van der Waals surface area contributed by atoms with Crippen LogP contribution in [-0.2, 0) is 4.79 Å². The zero-order valence-corrected chi connectivity index (χ0v) is 12.6. The predicted octanol–water partition coefficient (Wildman–Crippen LogP) is 2.35. The number of carbonyl (C=O) groups excluding carboxylic acids is 1. The van der Waals surface area contributed by atoms with Gasteiger partial charge in [0.15, 0.2) is 0 Å². The summed E-state index contributed by atoms with van der Waals surface area (Å²) >= 11 is 5.91. The quantitative estimate of drug-likeness (QED) is 0.876. The molecule has 1 saturated heterocycles. The standard InChI is InChI=1S/C15H22ClN3O/c1-2-19(14-7-4-8-17-10-14)11-15(20)18-13-6-3-5-12(16)9-13/h3,5-6,9,14,17H,2,4,7-8,10-11H2,1H3,(H,18,20). The number of hydrogen-bond acceptors (Lipinski definition) is 3. The largest absolute Gasteiger partial charge is 0.325 e. The van der Waals surface area contributed by atoms with Crippen molar-refractivity contribution < 1.29 is 4.79 Å². The van der Waals surface area contributed by atoms with Gasteiger partial charge in [-0.1, -0.05) is 24.6 Å². The number of piperidine rings is 1. The first kappa shape index (κ1) is 15.3. The highest BCUT2D eigenvalue weighted by Crippen LogP contribution is 2.15. The van der Waals surface area contributed by atoms with E-state index in [0.29, 0.717) is 17.6 Å². The molecule has 0 saturated carbocycles. The third-order valence-corrected chi connectivity index (χ3v) is 3.88. The Hall–Kier alpha value is -1.10. The van der Waals surface area contributed by atoms with Crippen LogP contribution in [0.25, 0.3) is 0 Å². The lowest BCUT2D eigenvalue weighted by molar-refractivity contribution is -0.117. The Morgan fingerprint density at radius 1 is 1.55 bits per heavy atom. The Balaban J connectivity index is 1.88. The van der Waals surface area contributed by atoms with Crippen molar-refractivity contribution >= 4 is 23.2 Å². The van der Waals surface area contributed by atoms with Gasteiger partial charge in [-0.3, -0.25) is 9.69 Å². The van der Waals surface area contributed by atoms with E-state index >= 15 is 0 Å². The molecule has 1 aromatic rings. The van der Waals surface area contributed by atoms with Crippen molar-refractivity contribution in [2.45, 2.75) is 25.8 Å². The number of likely N-dealkylation sites (N-methyl/N-ethyl adjacent to an activating group) is 1. The third-order valence-electron chi connectivity index (χ3n) is 3.65. The highest BCUT2D eigenvalue weighted by atomic mass is 35.5. The van der Waals surface area contributed by atoms with Crippen molar-refractivity contribution in [2.24, 2.45) is 0 Å². The van der Waals surface area contributed by atoms with E-state index in [9.17, 15) is 4.79 Å². The minimum atomic E-state index is 0.0136. The summed E-state index contributed by atoms with van der Waals surface area (Å²) in [6.07, 6.45) is 2.34. The molecule has 0 bridgehead atoms. The van der Waals surface area contributed by atoms with Gasteiger partial charge in [0, 0.05) is 23.3 Å². The Morgan fingerprint density at radius 2 is 2.40 bits per heavy atom. The Labute approximate surface area is 125 Å². The fraction of sp³-hybridized carbons (Fsp3) is 0.533. The van der Waals surface area contributed by atoms with Crippen molar-refractivity contribution in [1.82, 2.24) is 10.2 Å². The van der Waals surface area contributed by atoms with Crippen LogP contribution in [0.15, 0.2) is 24.3 Å². The van der Waals surface area contributed by atoms with Crippen LogP contribution in [0.3, 0.4) is 0 Å². The van der Waals surface area contributed by atoms with Gasteiger partial charge in [0.25, 0.3) is 0 Å². The molecule has 1 fully saturated rings. The van der Waals surface area contributed by atoms with E-state index in [1.54, 1.807) is 12.1 Å². The van der Waals surface area contributed by atoms with Gasteiger partial charge in [0.1, 0.15) is 0 Å². The SMILES string of the molecule is CCN(CC(=O)Nc1cccc(Cl)c1)C1CCCNC1. The molecular formula is C15H22ClN3O. The van der Waals surface area contributed by atoms with Gasteiger partial charge in [0.2, 0.25) is 5.91 Å². The molecule has 1 unspecified atom stereocenters. The van der Waals surface area contributed by atoms with Crippen LogP contribution in [0.1, 0.15) is 19.8 Å². The monoisotopic (exact) mass is 295 g/mol. The minimum Gasteiger partial charge on any atom is -0.325 e. The van der Waals surface area contributed by atoms with Gasteiger partial charge in [0.05, 0.1) is 6.54 Å². The Kier molecular flexibility index (Phi) is 5.83. The van der Waals surface area contributed by atoms with E-state index in [1.165, 1.54) is 6.42 Å². The van der Waals surface area contributed by atoms with Gasteiger partial charge in [-0.15, -0.1) is 0 Å². The summed E-state index contributed by atoms with van der Waals surface area (Å²) < 4.78 is 0. The zero-order valence-electron chi connectivity index (χ0n) is 11.9. The second-order valence-corrected chi connectivity index (χ2v) is 5.56. The average molecular weight is 296 g/mol. The van der Waals surface area contributed by atoms with Crippen LogP contribution in [0.2, 0.25) is 5.02 Å². The number of rotatable bonds is 5. The lowest BCUT2D eigenvalue weighted by Crippen LogP contribution is -2.48. The first-order valence-electron chi connectivity index (χ1n) is 7.19. The van der Waals surface area contributed by atoms with Gasteiger partial charge in [-0.25, -0.2) is 0 Å². The second kappa shape index (κ2) is 7.62. The molecule has 1 aliphatic heterocycles. The topological polar surface area (TPSA) is 44.4 Å². The highest BCUT2D eigenvalue weighted by Gasteiger charge is 2.21. The number of halogens is 1. The third kappa shape index (κ3) is 4.47. The molecular weight excluding hydrogens is 274 g/mol. The molecule has 4 nitrogen and oxygen atoms in total. The van der Waals surface area contributed by atoms with Crippen molar-refractivity contribution in [1.29, 1.82) is 0 Å². The van der Waals surface area contributed by atoms with Crippen molar-refractivity contribution in [2.75, 3.05) is 31.5 Å². The molecule has 0 aliphatic carbocycles. The zero-order chi connectivity index (χ0) is 14.4. The smallest absolute Gasteiger partial charge is 0.238 e. The molecule has 1 heterocycles. The number of amides is 1. The number of nitrogens with zero attached hydrogens (tertiary/aromatic N) is 1. The molecule has 1 amide bonds. The van der Waals surface area contributed by atoms with Crippen LogP contribution in [-0.4, -0.2) is 43.0 Å². The molecule has 2 N–H and O–H groups in total. The molecule has 1 atom stereocenters. The fourth-order valence-electron chi connectivity index (χ4n) is 2.60. The van der Waals surface area contributed by atoms with E-state index in [1.807, 2.05) is 12.1 Å². The molecule has 1 aliphatic rings. The van der Waals surface area contributed by atoms with Crippen LogP contribution in [0, 0.1) is 0 Å². The maximum atomic E-state index is 12.1. The van der Waals surface area contributed by atoms with E-state index in [4.69, 9.17) is 11.6 Å². The molecule has 5 heteroatoms. The molecule has 2 rings (SSSR count). The minimum absolute atomic E-state index is 0.0136. The summed E-state index contributed by atoms with van der Waals surface area (Å²) in [4.78, 5) is 14.3. The Bertz CT molecular complexity index is 446. The Morgan fingerprint density at radius 3 is 3.05 bits per heavy atom. The summed E-state index contributed by atoms with van der Waals surface area (Å²) in [7, 11) is 0. The molecule has 110 valence electrons. The summed E-state index contributed by atoms with van der Waals surface area (Å²) in [6, 6.07) is 7.70. The summed E-state index contributed by atoms with van der Waals surface area (Å²) in [6.45, 7) is 5.47. The summed E-state index contributed by atoms with van der Waals surface area (Å²) in [5, 5.41) is 6.92. The van der Waals surface area contributed by atoms with Crippen molar-refractivity contribution in [3.8, 4) is 0 Å². The summed E-state index contributed by atoms with van der Waals surface area (Å²) in [5.41, 5.74) is 0.750. The maximum Gasteiger partial charge on any atom is 0.238 e. The molecule has 0 radical (unpaired) electrons. The van der Waals surface area contributed by atoms with Crippen LogP contribution in [0.4, 0.5) is 5.69 Å². The molecule has 0 aromatic heterocycles. The first-order valence-corrected chi connectivity index (χ1v) is 7.57. The number of benzene rings is 1. The van der Waals surface area contributed by atoms with Crippen LogP contribution in [0.5, 0.6) is 0 Å². The van der Waals surface area contributed by atoms with E-state index in [2.05, 4.69) is 22.5 Å². The lowest BCUT2D eigenvalue weighted by atomic mass is 10.1.